The van der Waals surface area contributed by atoms with Gasteiger partial charge in [0.15, 0.2) is 0 Å². The summed E-state index contributed by atoms with van der Waals surface area (Å²) in [4.78, 5) is 8.82. The predicted molar refractivity (Wildman–Crippen MR) is 47.0 cm³/mol. The molecular formula is C6H4N8O2. The summed E-state index contributed by atoms with van der Waals surface area (Å²) in [6.07, 6.45) is 2.21. The molecule has 0 bridgehead atoms. The van der Waals surface area contributed by atoms with Crippen LogP contribution in [0.2, 0.25) is 0 Å². The minimum absolute atomic E-state index is 1.11. The van der Waals surface area contributed by atoms with Gasteiger partial charge in [0.05, 0.1) is 0 Å². The zero-order valence-corrected chi connectivity index (χ0v) is 7.65. The molecule has 10 nitrogen and oxygen atoms in total. The molecule has 0 aliphatic carbocycles. The first-order valence-electron chi connectivity index (χ1n) is 3.96. The van der Waals surface area contributed by atoms with Gasteiger partial charge in [0, 0.05) is 0 Å². The molecular weight excluding hydrogens is 216 g/mol. The molecule has 2 N–H and O–H groups in total. The Morgan fingerprint density at radius 1 is 1.00 bits per heavy atom. The number of nitrogens with one attached hydrogen (secondary N) is 2. The van der Waals surface area contributed by atoms with Crippen molar-refractivity contribution in [1.82, 2.24) is 11.0 Å². The van der Waals surface area contributed by atoms with Gasteiger partial charge in [0.1, 0.15) is 24.6 Å². The number of oxime groups is 2. The number of rotatable bonds is 2. The summed E-state index contributed by atoms with van der Waals surface area (Å²) in [5.41, 5.74) is 1.36. The van der Waals surface area contributed by atoms with Crippen LogP contribution >= 0.6 is 0 Å². The number of hydrogen-bond donors (Lipinski definition) is 2. The van der Waals surface area contributed by atoms with E-state index in [1.807, 2.05) is 0 Å². The minimum atomic E-state index is -1.54. The van der Waals surface area contributed by atoms with Gasteiger partial charge in [-0.3, -0.25) is 9.88 Å². The Kier molecular flexibility index (Phi) is 2.21. The molecule has 0 aromatic carbocycles. The molecule has 0 fully saturated rings. The highest BCUT2D eigenvalue weighted by molar-refractivity contribution is 5.76. The highest BCUT2D eigenvalue weighted by Crippen LogP contribution is 2.14. The molecule has 2 aliphatic heterocycles. The summed E-state index contributed by atoms with van der Waals surface area (Å²) in [6, 6.07) is 3.55. The molecule has 0 saturated heterocycles. The fourth-order valence-electron chi connectivity index (χ4n) is 0.848. The zero-order chi connectivity index (χ0) is 11.5. The van der Waals surface area contributed by atoms with Crippen molar-refractivity contribution >= 4 is 12.4 Å². The summed E-state index contributed by atoms with van der Waals surface area (Å²) < 4.78 is 0. The Bertz CT molecular complexity index is 416. The van der Waals surface area contributed by atoms with Gasteiger partial charge in [0.2, 0.25) is 0 Å². The molecule has 0 radical (unpaired) electrons. The maximum absolute atomic E-state index is 8.84. The van der Waals surface area contributed by atoms with Crippen molar-refractivity contribution in [2.75, 3.05) is 0 Å². The van der Waals surface area contributed by atoms with Crippen LogP contribution in [-0.4, -0.2) is 23.8 Å². The molecule has 2 atom stereocenters. The third kappa shape index (κ3) is 1.54. The molecule has 0 aromatic rings. The standard InChI is InChI=1S/C6H4N8O2/c7-1-5(3-9-15-13-5)11-12-6(2-8)4-10-16-14-6/h3-4,13-14H. The summed E-state index contributed by atoms with van der Waals surface area (Å²) in [5, 5.41) is 31.6. The third-order valence-electron chi connectivity index (χ3n) is 1.69. The van der Waals surface area contributed by atoms with Gasteiger partial charge in [-0.05, 0) is 0 Å². The van der Waals surface area contributed by atoms with E-state index in [1.165, 1.54) is 0 Å². The largest absolute Gasteiger partial charge is 0.296 e. The Morgan fingerprint density at radius 3 is 1.69 bits per heavy atom. The van der Waals surface area contributed by atoms with E-state index in [1.54, 1.807) is 12.1 Å². The fourth-order valence-corrected chi connectivity index (χ4v) is 0.848. The Hall–Kier alpha value is -2.56. The maximum Gasteiger partial charge on any atom is 0.289 e. The smallest absolute Gasteiger partial charge is 0.289 e. The van der Waals surface area contributed by atoms with E-state index in [4.69, 9.17) is 10.5 Å². The maximum atomic E-state index is 8.84. The quantitative estimate of drug-likeness (QED) is 0.567. The monoisotopic (exact) mass is 220 g/mol. The van der Waals surface area contributed by atoms with Crippen LogP contribution in [0.3, 0.4) is 0 Å². The second kappa shape index (κ2) is 3.54. The highest BCUT2D eigenvalue weighted by atomic mass is 16.8. The number of hydroxylamine groups is 2. The first-order chi connectivity index (χ1) is 7.74. The number of azo groups is 1. The number of nitrogens with zero attached hydrogens (tertiary/aromatic N) is 6. The van der Waals surface area contributed by atoms with Crippen LogP contribution in [0.25, 0.3) is 0 Å². The fraction of sp³-hybridized carbons (Fsp3) is 0.333. The minimum Gasteiger partial charge on any atom is -0.296 e. The van der Waals surface area contributed by atoms with Crippen molar-refractivity contribution < 1.29 is 9.88 Å². The van der Waals surface area contributed by atoms with Gasteiger partial charge in [-0.2, -0.15) is 10.5 Å². The van der Waals surface area contributed by atoms with Crippen molar-refractivity contribution in [3.05, 3.63) is 0 Å². The van der Waals surface area contributed by atoms with E-state index < -0.39 is 11.3 Å². The number of nitriles is 2. The van der Waals surface area contributed by atoms with Crippen LogP contribution in [0.15, 0.2) is 20.5 Å². The summed E-state index contributed by atoms with van der Waals surface area (Å²) in [7, 11) is 0. The molecule has 0 amide bonds. The lowest BCUT2D eigenvalue weighted by molar-refractivity contribution is 0.0374. The molecule has 2 rings (SSSR count). The average molecular weight is 220 g/mol. The van der Waals surface area contributed by atoms with Crippen LogP contribution in [0.1, 0.15) is 0 Å². The van der Waals surface area contributed by atoms with Crippen molar-refractivity contribution in [2.24, 2.45) is 20.5 Å². The molecule has 16 heavy (non-hydrogen) atoms. The van der Waals surface area contributed by atoms with Crippen LogP contribution in [0.5, 0.6) is 0 Å². The molecule has 0 aromatic heterocycles. The van der Waals surface area contributed by atoms with E-state index >= 15 is 0 Å². The predicted octanol–water partition coefficient (Wildman–Crippen LogP) is -1.08. The van der Waals surface area contributed by atoms with Gasteiger partial charge >= 0.3 is 0 Å². The first-order valence-corrected chi connectivity index (χ1v) is 3.96. The second-order valence-electron chi connectivity index (χ2n) is 2.81. The summed E-state index contributed by atoms with van der Waals surface area (Å²) in [6.45, 7) is 0. The zero-order valence-electron chi connectivity index (χ0n) is 7.65. The molecule has 2 heterocycles. The molecule has 0 saturated carbocycles. The molecule has 80 valence electrons. The van der Waals surface area contributed by atoms with Crippen LogP contribution in [0.4, 0.5) is 0 Å². The van der Waals surface area contributed by atoms with Gasteiger partial charge in [-0.1, -0.05) is 21.3 Å². The topological polar surface area (TPSA) is 140 Å². The second-order valence-corrected chi connectivity index (χ2v) is 2.81. The Morgan fingerprint density at radius 2 is 1.44 bits per heavy atom. The molecule has 10 heteroatoms. The van der Waals surface area contributed by atoms with E-state index in [0.717, 1.165) is 12.4 Å². The third-order valence-corrected chi connectivity index (χ3v) is 1.69. The van der Waals surface area contributed by atoms with Crippen LogP contribution in [-0.2, 0) is 9.88 Å². The van der Waals surface area contributed by atoms with Crippen LogP contribution in [0, 0.1) is 22.7 Å². The molecule has 2 aliphatic rings. The Labute approximate surface area is 88.7 Å². The van der Waals surface area contributed by atoms with E-state index in [2.05, 4.69) is 41.4 Å². The van der Waals surface area contributed by atoms with E-state index in [9.17, 15) is 0 Å². The van der Waals surface area contributed by atoms with Crippen molar-refractivity contribution in [2.45, 2.75) is 11.3 Å². The number of hydrogen-bond acceptors (Lipinski definition) is 10. The van der Waals surface area contributed by atoms with E-state index in [0.29, 0.717) is 0 Å². The van der Waals surface area contributed by atoms with Gasteiger partial charge in [0.25, 0.3) is 11.3 Å². The normalized spacial score (nSPS) is 35.6. The van der Waals surface area contributed by atoms with Crippen LogP contribution < -0.4 is 11.0 Å². The van der Waals surface area contributed by atoms with Gasteiger partial charge < -0.3 is 0 Å². The van der Waals surface area contributed by atoms with Gasteiger partial charge in [-0.25, -0.2) is 0 Å². The van der Waals surface area contributed by atoms with Gasteiger partial charge in [-0.15, -0.1) is 10.2 Å². The van der Waals surface area contributed by atoms with Crippen molar-refractivity contribution in [3.63, 3.8) is 0 Å². The van der Waals surface area contributed by atoms with Crippen molar-refractivity contribution in [1.29, 1.82) is 10.5 Å². The first kappa shape index (κ1) is 9.97. The molecule has 0 spiro atoms. The summed E-state index contributed by atoms with van der Waals surface area (Å²) >= 11 is 0. The van der Waals surface area contributed by atoms with E-state index in [-0.39, 0.29) is 0 Å². The van der Waals surface area contributed by atoms with Crippen molar-refractivity contribution in [3.8, 4) is 12.1 Å². The lowest BCUT2D eigenvalue weighted by Gasteiger charge is -2.11. The lowest BCUT2D eigenvalue weighted by atomic mass is 10.2. The Balaban J connectivity index is 2.21. The molecule has 2 unspecified atom stereocenters. The lowest BCUT2D eigenvalue weighted by Crippen LogP contribution is -2.42. The summed E-state index contributed by atoms with van der Waals surface area (Å²) in [5.74, 6) is 0. The highest BCUT2D eigenvalue weighted by Gasteiger charge is 2.38. The SMILES string of the molecule is N#CC1(N=NC2(C#N)C=NON2)C=NON1. The average Bonchev–Trinajstić information content (AvgIpc) is 2.97.